The molecule has 1 aromatic rings. The third-order valence-corrected chi connectivity index (χ3v) is 5.60. The van der Waals surface area contributed by atoms with E-state index in [2.05, 4.69) is 15.1 Å². The van der Waals surface area contributed by atoms with E-state index in [1.54, 1.807) is 12.1 Å². The highest BCUT2D eigenvalue weighted by atomic mass is 19.1. The SMILES string of the molecule is CCN(CC)C(=O)CN1CCN(C(C(=O)NC2CC2)c2ccc(F)cc2)CC1. The Morgan fingerprint density at radius 1 is 1.11 bits per heavy atom. The Kier molecular flexibility index (Phi) is 7.02. The van der Waals surface area contributed by atoms with E-state index in [9.17, 15) is 14.0 Å². The Labute approximate surface area is 166 Å². The molecule has 3 rings (SSSR count). The Morgan fingerprint density at radius 3 is 2.25 bits per heavy atom. The number of carbonyl (C=O) groups excluding carboxylic acids is 2. The summed E-state index contributed by atoms with van der Waals surface area (Å²) < 4.78 is 13.4. The maximum atomic E-state index is 13.4. The smallest absolute Gasteiger partial charge is 0.242 e. The lowest BCUT2D eigenvalue weighted by Crippen LogP contribution is -2.53. The second-order valence-corrected chi connectivity index (χ2v) is 7.62. The Bertz CT molecular complexity index is 665. The van der Waals surface area contributed by atoms with Crippen molar-refractivity contribution in [1.82, 2.24) is 20.0 Å². The van der Waals surface area contributed by atoms with Gasteiger partial charge in [-0.2, -0.15) is 0 Å². The normalized spacial score (nSPS) is 19.2. The molecule has 2 fully saturated rings. The van der Waals surface area contributed by atoms with Gasteiger partial charge in [-0.1, -0.05) is 12.1 Å². The number of rotatable bonds is 8. The van der Waals surface area contributed by atoms with Crippen molar-refractivity contribution in [3.8, 4) is 0 Å². The minimum absolute atomic E-state index is 0.0122. The molecule has 1 heterocycles. The summed E-state index contributed by atoms with van der Waals surface area (Å²) in [7, 11) is 0. The molecule has 1 N–H and O–H groups in total. The predicted molar refractivity (Wildman–Crippen MR) is 106 cm³/mol. The fourth-order valence-electron chi connectivity index (χ4n) is 3.73. The fourth-order valence-corrected chi connectivity index (χ4v) is 3.73. The highest BCUT2D eigenvalue weighted by molar-refractivity contribution is 5.83. The molecule has 1 aliphatic heterocycles. The van der Waals surface area contributed by atoms with Crippen molar-refractivity contribution < 1.29 is 14.0 Å². The van der Waals surface area contributed by atoms with Crippen molar-refractivity contribution in [3.05, 3.63) is 35.6 Å². The number of carbonyl (C=O) groups is 2. The van der Waals surface area contributed by atoms with Crippen LogP contribution >= 0.6 is 0 Å². The number of nitrogens with zero attached hydrogens (tertiary/aromatic N) is 3. The minimum Gasteiger partial charge on any atom is -0.352 e. The van der Waals surface area contributed by atoms with Gasteiger partial charge in [0.2, 0.25) is 11.8 Å². The molecular weight excluding hydrogens is 359 g/mol. The van der Waals surface area contributed by atoms with Gasteiger partial charge in [-0.3, -0.25) is 19.4 Å². The highest BCUT2D eigenvalue weighted by Crippen LogP contribution is 2.26. The number of piperazine rings is 1. The maximum absolute atomic E-state index is 13.4. The third kappa shape index (κ3) is 5.29. The van der Waals surface area contributed by atoms with E-state index in [-0.39, 0.29) is 23.7 Å². The van der Waals surface area contributed by atoms with E-state index in [0.717, 1.165) is 44.6 Å². The molecule has 6 nitrogen and oxygen atoms in total. The van der Waals surface area contributed by atoms with E-state index in [1.165, 1.54) is 12.1 Å². The van der Waals surface area contributed by atoms with Gasteiger partial charge in [0.25, 0.3) is 0 Å². The first-order valence-electron chi connectivity index (χ1n) is 10.3. The number of hydrogen-bond donors (Lipinski definition) is 1. The zero-order valence-electron chi connectivity index (χ0n) is 16.9. The lowest BCUT2D eigenvalue weighted by molar-refractivity contribution is -0.133. The first kappa shape index (κ1) is 20.7. The van der Waals surface area contributed by atoms with E-state index in [1.807, 2.05) is 18.7 Å². The van der Waals surface area contributed by atoms with Gasteiger partial charge in [0.1, 0.15) is 11.9 Å². The number of likely N-dealkylation sites (N-methyl/N-ethyl adjacent to an activating group) is 1. The first-order chi connectivity index (χ1) is 13.5. The summed E-state index contributed by atoms with van der Waals surface area (Å²) in [6, 6.07) is 6.08. The molecule has 0 radical (unpaired) electrons. The van der Waals surface area contributed by atoms with Crippen LogP contribution in [0.15, 0.2) is 24.3 Å². The molecule has 2 aliphatic rings. The molecule has 0 bridgehead atoms. The summed E-state index contributed by atoms with van der Waals surface area (Å²) >= 11 is 0. The zero-order chi connectivity index (χ0) is 20.1. The minimum atomic E-state index is -0.415. The molecule has 0 spiro atoms. The van der Waals surface area contributed by atoms with Crippen LogP contribution in [0.5, 0.6) is 0 Å². The molecule has 1 atom stereocenters. The fraction of sp³-hybridized carbons (Fsp3) is 0.619. The summed E-state index contributed by atoms with van der Waals surface area (Å²) in [4.78, 5) is 31.4. The molecule has 2 amide bonds. The third-order valence-electron chi connectivity index (χ3n) is 5.60. The van der Waals surface area contributed by atoms with Crippen LogP contribution in [-0.4, -0.2) is 78.4 Å². The van der Waals surface area contributed by atoms with Gasteiger partial charge in [0.05, 0.1) is 6.54 Å². The molecule has 1 saturated carbocycles. The average Bonchev–Trinajstić information content (AvgIpc) is 3.50. The van der Waals surface area contributed by atoms with E-state index in [0.29, 0.717) is 19.6 Å². The second kappa shape index (κ2) is 9.47. The average molecular weight is 391 g/mol. The van der Waals surface area contributed by atoms with Crippen LogP contribution in [0.25, 0.3) is 0 Å². The van der Waals surface area contributed by atoms with Crippen LogP contribution in [-0.2, 0) is 9.59 Å². The summed E-state index contributed by atoms with van der Waals surface area (Å²) in [5.41, 5.74) is 0.812. The summed E-state index contributed by atoms with van der Waals surface area (Å²) in [6.07, 6.45) is 2.06. The van der Waals surface area contributed by atoms with Gasteiger partial charge < -0.3 is 10.2 Å². The first-order valence-corrected chi connectivity index (χ1v) is 10.3. The standard InChI is InChI=1S/C21H31FN4O2/c1-3-25(4-2)19(27)15-24-11-13-26(14-12-24)20(21(28)23-18-9-10-18)16-5-7-17(22)8-6-16/h5-8,18,20H,3-4,9-15H2,1-2H3,(H,23,28). The lowest BCUT2D eigenvalue weighted by atomic mass is 10.0. The Hall–Kier alpha value is -1.99. The van der Waals surface area contributed by atoms with Crippen LogP contribution in [0, 0.1) is 5.82 Å². The molecule has 1 saturated heterocycles. The van der Waals surface area contributed by atoms with Gasteiger partial charge in [-0.25, -0.2) is 4.39 Å². The topological polar surface area (TPSA) is 55.9 Å². The van der Waals surface area contributed by atoms with Gasteiger partial charge in [-0.05, 0) is 44.4 Å². The molecule has 1 unspecified atom stereocenters. The summed E-state index contributed by atoms with van der Waals surface area (Å²) in [6.45, 7) is 8.73. The van der Waals surface area contributed by atoms with Crippen LogP contribution in [0.1, 0.15) is 38.3 Å². The number of benzene rings is 1. The lowest BCUT2D eigenvalue weighted by Gasteiger charge is -2.39. The highest BCUT2D eigenvalue weighted by Gasteiger charge is 2.34. The number of nitrogens with one attached hydrogen (secondary N) is 1. The Balaban J connectivity index is 1.63. The van der Waals surface area contributed by atoms with Crippen molar-refractivity contribution in [1.29, 1.82) is 0 Å². The van der Waals surface area contributed by atoms with Gasteiger partial charge >= 0.3 is 0 Å². The molecule has 7 heteroatoms. The monoisotopic (exact) mass is 390 g/mol. The van der Waals surface area contributed by atoms with Crippen molar-refractivity contribution in [3.63, 3.8) is 0 Å². The van der Waals surface area contributed by atoms with Crippen LogP contribution < -0.4 is 5.32 Å². The van der Waals surface area contributed by atoms with Gasteiger partial charge in [0, 0.05) is 45.3 Å². The molecule has 1 aromatic carbocycles. The van der Waals surface area contributed by atoms with Gasteiger partial charge in [-0.15, -0.1) is 0 Å². The number of hydrogen-bond acceptors (Lipinski definition) is 4. The Morgan fingerprint density at radius 2 is 1.71 bits per heavy atom. The molecule has 154 valence electrons. The van der Waals surface area contributed by atoms with Crippen molar-refractivity contribution >= 4 is 11.8 Å². The van der Waals surface area contributed by atoms with E-state index >= 15 is 0 Å². The quantitative estimate of drug-likeness (QED) is 0.733. The molecular formula is C21H31FN4O2. The van der Waals surface area contributed by atoms with Crippen molar-refractivity contribution in [2.45, 2.75) is 38.8 Å². The van der Waals surface area contributed by atoms with Crippen LogP contribution in [0.4, 0.5) is 4.39 Å². The van der Waals surface area contributed by atoms with Crippen LogP contribution in [0.2, 0.25) is 0 Å². The second-order valence-electron chi connectivity index (χ2n) is 7.62. The van der Waals surface area contributed by atoms with Crippen LogP contribution in [0.3, 0.4) is 0 Å². The van der Waals surface area contributed by atoms with Crippen molar-refractivity contribution in [2.24, 2.45) is 0 Å². The molecule has 0 aromatic heterocycles. The van der Waals surface area contributed by atoms with Crippen molar-refractivity contribution in [2.75, 3.05) is 45.8 Å². The van der Waals surface area contributed by atoms with E-state index in [4.69, 9.17) is 0 Å². The molecule has 28 heavy (non-hydrogen) atoms. The largest absolute Gasteiger partial charge is 0.352 e. The number of halogens is 1. The zero-order valence-corrected chi connectivity index (χ0v) is 16.9. The van der Waals surface area contributed by atoms with Gasteiger partial charge in [0.15, 0.2) is 0 Å². The number of amides is 2. The van der Waals surface area contributed by atoms with E-state index < -0.39 is 6.04 Å². The summed E-state index contributed by atoms with van der Waals surface area (Å²) in [5, 5.41) is 3.09. The molecule has 1 aliphatic carbocycles. The summed E-state index contributed by atoms with van der Waals surface area (Å²) in [5.74, 6) is -0.161. The predicted octanol–water partition coefficient (Wildman–Crippen LogP) is 1.63. The maximum Gasteiger partial charge on any atom is 0.242 e.